The Hall–Kier alpha value is -2.16. The van der Waals surface area contributed by atoms with Gasteiger partial charge in [0.2, 0.25) is 0 Å². The molecule has 0 amide bonds. The average molecular weight is 347 g/mol. The first-order valence-corrected chi connectivity index (χ1v) is 8.29. The van der Waals surface area contributed by atoms with Gasteiger partial charge in [0, 0.05) is 37.2 Å². The number of hydrogen-bond donors (Lipinski definition) is 2. The van der Waals surface area contributed by atoms with Crippen molar-refractivity contribution in [2.75, 3.05) is 34.4 Å². The molecule has 0 radical (unpaired) electrons. The fraction of sp³-hybridized carbons (Fsp3) is 0.529. The zero-order valence-electron chi connectivity index (χ0n) is 15.1. The molecule has 2 atom stereocenters. The van der Waals surface area contributed by atoms with Crippen LogP contribution in [-0.4, -0.2) is 49.6 Å². The minimum absolute atomic E-state index is 0.153. The van der Waals surface area contributed by atoms with E-state index in [0.29, 0.717) is 12.5 Å². The quantitative estimate of drug-likeness (QED) is 0.775. The summed E-state index contributed by atoms with van der Waals surface area (Å²) in [5, 5.41) is 7.80. The molecule has 1 saturated heterocycles. The molecular formula is C17H25N5O3. The lowest BCUT2D eigenvalue weighted by atomic mass is 9.93. The predicted octanol–water partition coefficient (Wildman–Crippen LogP) is 1.29. The molecule has 1 aliphatic heterocycles. The Bertz CT molecular complexity index is 705. The minimum Gasteiger partial charge on any atom is -0.497 e. The summed E-state index contributed by atoms with van der Waals surface area (Å²) in [5.41, 5.74) is 9.46. The molecule has 1 fully saturated rings. The predicted molar refractivity (Wildman–Crippen MR) is 92.3 cm³/mol. The Labute approximate surface area is 147 Å². The van der Waals surface area contributed by atoms with Crippen LogP contribution in [0.5, 0.6) is 11.5 Å². The van der Waals surface area contributed by atoms with Gasteiger partial charge in [0.25, 0.3) is 0 Å². The number of ether oxygens (including phenoxy) is 2. The van der Waals surface area contributed by atoms with Crippen molar-refractivity contribution in [3.63, 3.8) is 0 Å². The highest BCUT2D eigenvalue weighted by Crippen LogP contribution is 2.34. The Morgan fingerprint density at radius 1 is 1.28 bits per heavy atom. The molecule has 2 aromatic rings. The van der Waals surface area contributed by atoms with Crippen LogP contribution in [0.4, 0.5) is 0 Å². The van der Waals surface area contributed by atoms with E-state index in [-0.39, 0.29) is 6.04 Å². The monoisotopic (exact) mass is 347 g/mol. The topological polar surface area (TPSA) is 84.7 Å². The van der Waals surface area contributed by atoms with E-state index in [9.17, 15) is 0 Å². The highest BCUT2D eigenvalue weighted by Gasteiger charge is 2.31. The molecule has 1 aliphatic rings. The number of hydrogen-bond acceptors (Lipinski definition) is 8. The molecular weight excluding hydrogens is 322 g/mol. The molecule has 2 unspecified atom stereocenters. The third kappa shape index (κ3) is 3.92. The zero-order valence-corrected chi connectivity index (χ0v) is 15.1. The lowest BCUT2D eigenvalue weighted by Gasteiger charge is -2.25. The molecule has 2 N–H and O–H groups in total. The maximum absolute atomic E-state index is 5.56. The molecule has 1 aromatic carbocycles. The zero-order chi connectivity index (χ0) is 17.8. The van der Waals surface area contributed by atoms with Crippen LogP contribution >= 0.6 is 0 Å². The summed E-state index contributed by atoms with van der Waals surface area (Å²) in [4.78, 5) is 2.23. The Balaban J connectivity index is 1.71. The van der Waals surface area contributed by atoms with Crippen molar-refractivity contribution < 1.29 is 14.1 Å². The molecule has 136 valence electrons. The van der Waals surface area contributed by atoms with Crippen molar-refractivity contribution in [2.24, 2.45) is 5.92 Å². The second-order valence-corrected chi connectivity index (χ2v) is 6.36. The van der Waals surface area contributed by atoms with Gasteiger partial charge in [-0.15, -0.1) is 0 Å². The van der Waals surface area contributed by atoms with Crippen LogP contribution in [0.25, 0.3) is 0 Å². The molecule has 8 heteroatoms. The van der Waals surface area contributed by atoms with Crippen LogP contribution in [-0.2, 0) is 6.54 Å². The van der Waals surface area contributed by atoms with Gasteiger partial charge < -0.3 is 9.47 Å². The van der Waals surface area contributed by atoms with Gasteiger partial charge in [0.05, 0.1) is 20.3 Å². The molecule has 1 aromatic heterocycles. The Kier molecular flexibility index (Phi) is 5.52. The molecule has 0 saturated carbocycles. The molecule has 25 heavy (non-hydrogen) atoms. The molecule has 0 bridgehead atoms. The maximum Gasteiger partial charge on any atom is 0.127 e. The van der Waals surface area contributed by atoms with E-state index in [2.05, 4.69) is 39.2 Å². The van der Waals surface area contributed by atoms with Crippen LogP contribution in [0.3, 0.4) is 0 Å². The van der Waals surface area contributed by atoms with Crippen LogP contribution in [0.1, 0.15) is 23.0 Å². The molecule has 0 aliphatic carbocycles. The van der Waals surface area contributed by atoms with Crippen molar-refractivity contribution in [1.29, 1.82) is 0 Å². The van der Waals surface area contributed by atoms with E-state index in [0.717, 1.165) is 41.5 Å². The SMILES string of the molecule is COc1ccc(C2NNCC2CN(C)Cc2nonc2C)c(OC)c1. The van der Waals surface area contributed by atoms with E-state index >= 15 is 0 Å². The Morgan fingerprint density at radius 2 is 2.12 bits per heavy atom. The summed E-state index contributed by atoms with van der Waals surface area (Å²) in [7, 11) is 5.42. The number of hydrazine groups is 1. The summed E-state index contributed by atoms with van der Waals surface area (Å²) >= 11 is 0. The minimum atomic E-state index is 0.153. The summed E-state index contributed by atoms with van der Waals surface area (Å²) in [5.74, 6) is 1.99. The largest absolute Gasteiger partial charge is 0.497 e. The third-order valence-corrected chi connectivity index (χ3v) is 4.58. The number of benzene rings is 1. The van der Waals surface area contributed by atoms with Crippen LogP contribution in [0.2, 0.25) is 0 Å². The smallest absolute Gasteiger partial charge is 0.127 e. The van der Waals surface area contributed by atoms with Crippen molar-refractivity contribution >= 4 is 0 Å². The second-order valence-electron chi connectivity index (χ2n) is 6.36. The summed E-state index contributed by atoms with van der Waals surface area (Å²) in [6, 6.07) is 6.09. The molecule has 0 spiro atoms. The first-order valence-electron chi connectivity index (χ1n) is 8.29. The molecule has 2 heterocycles. The number of aromatic nitrogens is 2. The van der Waals surface area contributed by atoms with E-state index in [4.69, 9.17) is 14.1 Å². The van der Waals surface area contributed by atoms with Gasteiger partial charge in [0.1, 0.15) is 22.9 Å². The van der Waals surface area contributed by atoms with Gasteiger partial charge in [-0.1, -0.05) is 16.4 Å². The summed E-state index contributed by atoms with van der Waals surface area (Å²) in [6.45, 7) is 4.38. The van der Waals surface area contributed by atoms with Gasteiger partial charge in [-0.25, -0.2) is 10.1 Å². The first kappa shape index (κ1) is 17.7. The second kappa shape index (κ2) is 7.81. The van der Waals surface area contributed by atoms with Gasteiger partial charge >= 0.3 is 0 Å². The Morgan fingerprint density at radius 3 is 2.80 bits per heavy atom. The molecule has 8 nitrogen and oxygen atoms in total. The number of aryl methyl sites for hydroxylation is 1. The van der Waals surface area contributed by atoms with E-state index < -0.39 is 0 Å². The number of rotatable bonds is 7. The highest BCUT2D eigenvalue weighted by atomic mass is 16.6. The van der Waals surface area contributed by atoms with E-state index in [1.54, 1.807) is 14.2 Å². The maximum atomic E-state index is 5.56. The fourth-order valence-electron chi connectivity index (χ4n) is 3.23. The molecule has 3 rings (SSSR count). The van der Waals surface area contributed by atoms with Gasteiger partial charge in [0.15, 0.2) is 0 Å². The van der Waals surface area contributed by atoms with Crippen molar-refractivity contribution in [2.45, 2.75) is 19.5 Å². The fourth-order valence-corrected chi connectivity index (χ4v) is 3.23. The van der Waals surface area contributed by atoms with Crippen LogP contribution in [0, 0.1) is 12.8 Å². The van der Waals surface area contributed by atoms with Gasteiger partial charge in [-0.05, 0) is 20.0 Å². The number of nitrogens with one attached hydrogen (secondary N) is 2. The lowest BCUT2D eigenvalue weighted by molar-refractivity contribution is 0.248. The van der Waals surface area contributed by atoms with Crippen LogP contribution in [0.15, 0.2) is 22.8 Å². The first-order chi connectivity index (χ1) is 12.1. The van der Waals surface area contributed by atoms with Crippen LogP contribution < -0.4 is 20.3 Å². The summed E-state index contributed by atoms with van der Waals surface area (Å²) in [6.07, 6.45) is 0. The number of methoxy groups -OCH3 is 2. The van der Waals surface area contributed by atoms with E-state index in [1.165, 1.54) is 0 Å². The third-order valence-electron chi connectivity index (χ3n) is 4.58. The lowest BCUT2D eigenvalue weighted by Crippen LogP contribution is -2.30. The average Bonchev–Trinajstić information content (AvgIpc) is 3.23. The number of nitrogens with zero attached hydrogens (tertiary/aromatic N) is 3. The highest BCUT2D eigenvalue weighted by molar-refractivity contribution is 5.43. The van der Waals surface area contributed by atoms with Gasteiger partial charge in [-0.3, -0.25) is 10.3 Å². The standard InChI is InChI=1S/C17H25N5O3/c1-11-15(21-25-20-11)10-22(2)9-12-8-18-19-17(12)14-6-5-13(23-3)7-16(14)24-4/h5-7,12,17-19H,8-10H2,1-4H3. The van der Waals surface area contributed by atoms with Crippen molar-refractivity contribution in [3.8, 4) is 11.5 Å². The van der Waals surface area contributed by atoms with Crippen molar-refractivity contribution in [3.05, 3.63) is 35.2 Å². The van der Waals surface area contributed by atoms with E-state index in [1.807, 2.05) is 19.1 Å². The van der Waals surface area contributed by atoms with Gasteiger partial charge in [-0.2, -0.15) is 0 Å². The normalized spacial score (nSPS) is 20.2. The summed E-state index contributed by atoms with van der Waals surface area (Å²) < 4.78 is 15.6. The van der Waals surface area contributed by atoms with Crippen molar-refractivity contribution in [1.82, 2.24) is 26.1 Å².